The van der Waals surface area contributed by atoms with E-state index in [4.69, 9.17) is 10.5 Å². The number of nitrogen functional groups attached to an aromatic ring is 1. The summed E-state index contributed by atoms with van der Waals surface area (Å²) in [6.07, 6.45) is 0. The lowest BCUT2D eigenvalue weighted by Gasteiger charge is -2.19. The van der Waals surface area contributed by atoms with Crippen LogP contribution in [0.15, 0.2) is 53.9 Å². The molecular formula is C19H19N3O3S. The SMILES string of the molecule is COCc1ccc(C(=O)NC(c2cccc(O)c2)c2cccs2)c(N)n1. The Labute approximate surface area is 155 Å². The quantitative estimate of drug-likeness (QED) is 0.620. The van der Waals surface area contributed by atoms with Crippen LogP contribution in [-0.2, 0) is 11.3 Å². The number of aromatic nitrogens is 1. The molecular weight excluding hydrogens is 350 g/mol. The summed E-state index contributed by atoms with van der Waals surface area (Å²) in [5.41, 5.74) is 7.68. The van der Waals surface area contributed by atoms with E-state index >= 15 is 0 Å². The van der Waals surface area contributed by atoms with Gasteiger partial charge in [-0.15, -0.1) is 11.3 Å². The molecule has 3 aromatic rings. The van der Waals surface area contributed by atoms with Crippen molar-refractivity contribution in [3.8, 4) is 5.75 Å². The zero-order chi connectivity index (χ0) is 18.5. The third kappa shape index (κ3) is 4.01. The number of carbonyl (C=O) groups excluding carboxylic acids is 1. The van der Waals surface area contributed by atoms with Gasteiger partial charge in [0.25, 0.3) is 5.91 Å². The molecule has 7 heteroatoms. The number of nitrogens with two attached hydrogens (primary N) is 1. The Morgan fingerprint density at radius 2 is 2.15 bits per heavy atom. The first-order chi connectivity index (χ1) is 12.6. The highest BCUT2D eigenvalue weighted by atomic mass is 32.1. The van der Waals surface area contributed by atoms with Crippen LogP contribution in [0.2, 0.25) is 0 Å². The predicted octanol–water partition coefficient (Wildman–Crippen LogP) is 3.10. The summed E-state index contributed by atoms with van der Waals surface area (Å²) >= 11 is 1.52. The van der Waals surface area contributed by atoms with E-state index in [0.717, 1.165) is 10.4 Å². The second-order valence-corrected chi connectivity index (χ2v) is 6.66. The largest absolute Gasteiger partial charge is 0.508 e. The maximum absolute atomic E-state index is 12.8. The average Bonchev–Trinajstić information content (AvgIpc) is 3.14. The molecule has 2 heterocycles. The van der Waals surface area contributed by atoms with Gasteiger partial charge in [0.15, 0.2) is 0 Å². The standard InChI is InChI=1S/C19H19N3O3S/c1-25-11-13-7-8-15(18(20)21-13)19(24)22-17(16-6-3-9-26-16)12-4-2-5-14(23)10-12/h2-10,17,23H,11H2,1H3,(H2,20,21)(H,22,24). The van der Waals surface area contributed by atoms with E-state index in [9.17, 15) is 9.90 Å². The van der Waals surface area contributed by atoms with Gasteiger partial charge < -0.3 is 20.9 Å². The summed E-state index contributed by atoms with van der Waals surface area (Å²) in [5.74, 6) is -0.0398. The Hall–Kier alpha value is -2.90. The number of rotatable bonds is 6. The monoisotopic (exact) mass is 369 g/mol. The molecule has 26 heavy (non-hydrogen) atoms. The molecule has 0 saturated carbocycles. The number of aromatic hydroxyl groups is 1. The van der Waals surface area contributed by atoms with Crippen molar-refractivity contribution in [2.24, 2.45) is 0 Å². The van der Waals surface area contributed by atoms with Crippen LogP contribution in [0.3, 0.4) is 0 Å². The summed E-state index contributed by atoms with van der Waals surface area (Å²) in [7, 11) is 1.57. The van der Waals surface area contributed by atoms with Crippen molar-refractivity contribution in [1.29, 1.82) is 0 Å². The van der Waals surface area contributed by atoms with E-state index < -0.39 is 6.04 Å². The van der Waals surface area contributed by atoms with Crippen molar-refractivity contribution in [3.63, 3.8) is 0 Å². The first-order valence-electron chi connectivity index (χ1n) is 7.96. The number of hydrogen-bond donors (Lipinski definition) is 3. The van der Waals surface area contributed by atoms with Gasteiger partial charge in [0.1, 0.15) is 11.6 Å². The lowest BCUT2D eigenvalue weighted by molar-refractivity contribution is 0.0944. The number of amides is 1. The van der Waals surface area contributed by atoms with Crippen molar-refractivity contribution in [2.45, 2.75) is 12.6 Å². The Kier molecular flexibility index (Phi) is 5.50. The summed E-state index contributed by atoms with van der Waals surface area (Å²) in [6.45, 7) is 0.327. The third-order valence-corrected chi connectivity index (χ3v) is 4.76. The number of nitrogens with one attached hydrogen (secondary N) is 1. The fourth-order valence-corrected chi connectivity index (χ4v) is 3.43. The van der Waals surface area contributed by atoms with Crippen LogP contribution >= 0.6 is 11.3 Å². The summed E-state index contributed by atoms with van der Waals surface area (Å²) in [4.78, 5) is 17.9. The van der Waals surface area contributed by atoms with Gasteiger partial charge in [-0.3, -0.25) is 4.79 Å². The molecule has 6 nitrogen and oxygen atoms in total. The van der Waals surface area contributed by atoms with Crippen LogP contribution in [-0.4, -0.2) is 23.1 Å². The number of phenolic OH excluding ortho intramolecular Hbond substituents is 1. The zero-order valence-electron chi connectivity index (χ0n) is 14.2. The summed E-state index contributed by atoms with van der Waals surface area (Å²) < 4.78 is 5.02. The van der Waals surface area contributed by atoms with E-state index in [2.05, 4.69) is 10.3 Å². The van der Waals surface area contributed by atoms with Crippen molar-refractivity contribution in [2.75, 3.05) is 12.8 Å². The van der Waals surface area contributed by atoms with Crippen LogP contribution in [0.4, 0.5) is 5.82 Å². The number of pyridine rings is 1. The highest BCUT2D eigenvalue weighted by Gasteiger charge is 2.21. The Balaban J connectivity index is 1.89. The first-order valence-corrected chi connectivity index (χ1v) is 8.84. The van der Waals surface area contributed by atoms with Crippen LogP contribution in [0, 0.1) is 0 Å². The van der Waals surface area contributed by atoms with Gasteiger partial charge in [-0.25, -0.2) is 4.98 Å². The molecule has 1 atom stereocenters. The van der Waals surface area contributed by atoms with Gasteiger partial charge in [0, 0.05) is 12.0 Å². The van der Waals surface area contributed by atoms with Crippen molar-refractivity contribution in [3.05, 3.63) is 75.6 Å². The van der Waals surface area contributed by atoms with Gasteiger partial charge in [0.2, 0.25) is 0 Å². The molecule has 0 bridgehead atoms. The van der Waals surface area contributed by atoms with Gasteiger partial charge >= 0.3 is 0 Å². The second kappa shape index (κ2) is 7.99. The topological polar surface area (TPSA) is 97.5 Å². The molecule has 1 unspecified atom stereocenters. The van der Waals surface area contributed by atoms with Crippen LogP contribution < -0.4 is 11.1 Å². The maximum atomic E-state index is 12.8. The maximum Gasteiger partial charge on any atom is 0.255 e. The van der Waals surface area contributed by atoms with Crippen molar-refractivity contribution >= 4 is 23.1 Å². The minimum atomic E-state index is -0.396. The molecule has 1 amide bonds. The molecule has 0 aliphatic rings. The lowest BCUT2D eigenvalue weighted by Crippen LogP contribution is -2.29. The molecule has 1 aromatic carbocycles. The Morgan fingerprint density at radius 3 is 2.81 bits per heavy atom. The molecule has 0 fully saturated rings. The van der Waals surface area contributed by atoms with E-state index in [1.807, 2.05) is 23.6 Å². The van der Waals surface area contributed by atoms with Crippen LogP contribution in [0.25, 0.3) is 0 Å². The first kappa shape index (κ1) is 17.9. The summed E-state index contributed by atoms with van der Waals surface area (Å²) in [6, 6.07) is 13.6. The molecule has 2 aromatic heterocycles. The number of anilines is 1. The van der Waals surface area contributed by atoms with E-state index in [-0.39, 0.29) is 17.5 Å². The Bertz CT molecular complexity index is 897. The van der Waals surface area contributed by atoms with Crippen molar-refractivity contribution in [1.82, 2.24) is 10.3 Å². The number of ether oxygens (including phenoxy) is 1. The predicted molar refractivity (Wildman–Crippen MR) is 101 cm³/mol. The Morgan fingerprint density at radius 1 is 1.31 bits per heavy atom. The number of thiophene rings is 1. The average molecular weight is 369 g/mol. The molecule has 0 aliphatic heterocycles. The molecule has 0 radical (unpaired) electrons. The number of benzene rings is 1. The fourth-order valence-electron chi connectivity index (χ4n) is 2.62. The highest BCUT2D eigenvalue weighted by molar-refractivity contribution is 7.10. The molecule has 4 N–H and O–H groups in total. The number of hydrogen-bond acceptors (Lipinski definition) is 6. The van der Waals surface area contributed by atoms with Gasteiger partial charge in [-0.05, 0) is 41.3 Å². The normalized spacial score (nSPS) is 11.9. The van der Waals surface area contributed by atoms with Crippen LogP contribution in [0.1, 0.15) is 32.5 Å². The minimum absolute atomic E-state index is 0.142. The zero-order valence-corrected chi connectivity index (χ0v) is 15.0. The molecule has 0 aliphatic carbocycles. The van der Waals surface area contributed by atoms with Gasteiger partial charge in [0.05, 0.1) is 23.9 Å². The molecule has 0 spiro atoms. The smallest absolute Gasteiger partial charge is 0.255 e. The van der Waals surface area contributed by atoms with Crippen LogP contribution in [0.5, 0.6) is 5.75 Å². The minimum Gasteiger partial charge on any atom is -0.508 e. The molecule has 0 saturated heterocycles. The second-order valence-electron chi connectivity index (χ2n) is 5.69. The lowest BCUT2D eigenvalue weighted by atomic mass is 10.0. The number of carbonyl (C=O) groups is 1. The van der Waals surface area contributed by atoms with Gasteiger partial charge in [-0.2, -0.15) is 0 Å². The fraction of sp³-hybridized carbons (Fsp3) is 0.158. The highest BCUT2D eigenvalue weighted by Crippen LogP contribution is 2.28. The number of methoxy groups -OCH3 is 1. The van der Waals surface area contributed by atoms with Crippen molar-refractivity contribution < 1.29 is 14.6 Å². The van der Waals surface area contributed by atoms with E-state index in [1.54, 1.807) is 37.4 Å². The van der Waals surface area contributed by atoms with E-state index in [1.165, 1.54) is 11.3 Å². The summed E-state index contributed by atoms with van der Waals surface area (Å²) in [5, 5.41) is 14.7. The van der Waals surface area contributed by atoms with Gasteiger partial charge in [-0.1, -0.05) is 18.2 Å². The number of phenols is 1. The number of nitrogens with zero attached hydrogens (tertiary/aromatic N) is 1. The van der Waals surface area contributed by atoms with E-state index in [0.29, 0.717) is 17.9 Å². The third-order valence-electron chi connectivity index (χ3n) is 3.83. The molecule has 3 rings (SSSR count). The molecule has 134 valence electrons.